The number of ether oxygens (including phenoxy) is 1. The first-order chi connectivity index (χ1) is 8.69. The van der Waals surface area contributed by atoms with Gasteiger partial charge in [0.25, 0.3) is 0 Å². The Balaban J connectivity index is 1.97. The fourth-order valence-electron chi connectivity index (χ4n) is 2.08. The number of carbonyl (C=O) groups is 1. The molecule has 1 saturated heterocycles. The van der Waals surface area contributed by atoms with Gasteiger partial charge in [-0.3, -0.25) is 4.79 Å². The number of amides is 1. The van der Waals surface area contributed by atoms with E-state index in [1.165, 1.54) is 25.3 Å². The quantitative estimate of drug-likeness (QED) is 0.858. The molecule has 1 amide bonds. The molecule has 1 aliphatic heterocycles. The molecule has 0 bridgehead atoms. The number of nitrogens with one attached hydrogen (secondary N) is 2. The molecule has 18 heavy (non-hydrogen) atoms. The first kappa shape index (κ1) is 12.8. The van der Waals surface area contributed by atoms with Crippen molar-refractivity contribution >= 4 is 11.6 Å². The lowest BCUT2D eigenvalue weighted by molar-refractivity contribution is -0.117. The van der Waals surface area contributed by atoms with Gasteiger partial charge in [0.2, 0.25) is 5.91 Å². The maximum atomic E-state index is 13.5. The Morgan fingerprint density at radius 2 is 2.44 bits per heavy atom. The minimum Gasteiger partial charge on any atom is -0.497 e. The van der Waals surface area contributed by atoms with Crippen LogP contribution in [-0.4, -0.2) is 26.1 Å². The molecule has 0 spiro atoms. The van der Waals surface area contributed by atoms with E-state index in [2.05, 4.69) is 10.6 Å². The Morgan fingerprint density at radius 1 is 1.61 bits per heavy atom. The zero-order valence-corrected chi connectivity index (χ0v) is 10.3. The van der Waals surface area contributed by atoms with E-state index in [-0.39, 0.29) is 11.6 Å². The molecule has 1 unspecified atom stereocenters. The second-order valence-corrected chi connectivity index (χ2v) is 4.46. The van der Waals surface area contributed by atoms with E-state index < -0.39 is 5.82 Å². The zero-order valence-electron chi connectivity index (χ0n) is 10.3. The largest absolute Gasteiger partial charge is 0.497 e. The Hall–Kier alpha value is -1.62. The van der Waals surface area contributed by atoms with Crippen LogP contribution in [0.5, 0.6) is 5.75 Å². The molecule has 2 rings (SSSR count). The maximum absolute atomic E-state index is 13.5. The summed E-state index contributed by atoms with van der Waals surface area (Å²) in [4.78, 5) is 11.8. The number of hydrogen-bond donors (Lipinski definition) is 2. The highest BCUT2D eigenvalue weighted by molar-refractivity contribution is 5.91. The molecule has 98 valence electrons. The van der Waals surface area contributed by atoms with Gasteiger partial charge < -0.3 is 15.4 Å². The highest BCUT2D eigenvalue weighted by Gasteiger charge is 2.18. The van der Waals surface area contributed by atoms with E-state index >= 15 is 0 Å². The molecule has 0 radical (unpaired) electrons. The minimum atomic E-state index is -0.450. The van der Waals surface area contributed by atoms with Crippen LogP contribution in [0.1, 0.15) is 12.8 Å². The van der Waals surface area contributed by atoms with Crippen molar-refractivity contribution in [2.75, 3.05) is 25.5 Å². The van der Waals surface area contributed by atoms with Crippen molar-refractivity contribution in [3.63, 3.8) is 0 Å². The van der Waals surface area contributed by atoms with Gasteiger partial charge in [-0.2, -0.15) is 0 Å². The lowest BCUT2D eigenvalue weighted by Gasteiger charge is -2.10. The van der Waals surface area contributed by atoms with Crippen molar-refractivity contribution < 1.29 is 13.9 Å². The third-order valence-corrected chi connectivity index (χ3v) is 3.08. The number of benzene rings is 1. The molecule has 0 aromatic heterocycles. The second kappa shape index (κ2) is 5.82. The lowest BCUT2D eigenvalue weighted by Crippen LogP contribution is -2.18. The smallest absolute Gasteiger partial charge is 0.224 e. The van der Waals surface area contributed by atoms with Gasteiger partial charge >= 0.3 is 0 Å². The molecule has 1 aromatic rings. The Morgan fingerprint density at radius 3 is 3.11 bits per heavy atom. The molecule has 1 atom stereocenters. The van der Waals surface area contributed by atoms with E-state index in [1.54, 1.807) is 0 Å². The number of methoxy groups -OCH3 is 1. The van der Waals surface area contributed by atoms with Gasteiger partial charge in [0.15, 0.2) is 0 Å². The van der Waals surface area contributed by atoms with Crippen LogP contribution in [0.3, 0.4) is 0 Å². The first-order valence-electron chi connectivity index (χ1n) is 6.03. The normalized spacial score (nSPS) is 18.7. The van der Waals surface area contributed by atoms with Crippen LogP contribution in [0.15, 0.2) is 18.2 Å². The highest BCUT2D eigenvalue weighted by Crippen LogP contribution is 2.22. The molecule has 1 aliphatic rings. The fourth-order valence-corrected chi connectivity index (χ4v) is 2.08. The minimum absolute atomic E-state index is 0.157. The number of carbonyl (C=O) groups excluding carboxylic acids is 1. The number of halogens is 1. The third-order valence-electron chi connectivity index (χ3n) is 3.08. The van der Waals surface area contributed by atoms with Crippen molar-refractivity contribution in [3.05, 3.63) is 24.0 Å². The highest BCUT2D eigenvalue weighted by atomic mass is 19.1. The van der Waals surface area contributed by atoms with Crippen LogP contribution < -0.4 is 15.4 Å². The topological polar surface area (TPSA) is 50.4 Å². The second-order valence-electron chi connectivity index (χ2n) is 4.46. The molecule has 4 nitrogen and oxygen atoms in total. The van der Waals surface area contributed by atoms with Gasteiger partial charge in [-0.15, -0.1) is 0 Å². The van der Waals surface area contributed by atoms with Crippen molar-refractivity contribution in [2.45, 2.75) is 12.8 Å². The van der Waals surface area contributed by atoms with Crippen molar-refractivity contribution in [2.24, 2.45) is 5.92 Å². The van der Waals surface area contributed by atoms with E-state index in [9.17, 15) is 9.18 Å². The molecule has 1 fully saturated rings. The zero-order chi connectivity index (χ0) is 13.0. The summed E-state index contributed by atoms with van der Waals surface area (Å²) in [5, 5.41) is 5.79. The molecule has 2 N–H and O–H groups in total. The summed E-state index contributed by atoms with van der Waals surface area (Å²) in [5.74, 6) is 0.262. The van der Waals surface area contributed by atoms with Gasteiger partial charge in [-0.1, -0.05) is 0 Å². The summed E-state index contributed by atoms with van der Waals surface area (Å²) in [5.41, 5.74) is 0.172. The van der Waals surface area contributed by atoms with Gasteiger partial charge in [0, 0.05) is 12.5 Å². The summed E-state index contributed by atoms with van der Waals surface area (Å²) < 4.78 is 18.5. The Bertz CT molecular complexity index is 431. The number of hydrogen-bond acceptors (Lipinski definition) is 3. The summed E-state index contributed by atoms with van der Waals surface area (Å²) in [7, 11) is 1.50. The fraction of sp³-hybridized carbons (Fsp3) is 0.462. The van der Waals surface area contributed by atoms with Crippen molar-refractivity contribution in [1.29, 1.82) is 0 Å². The SMILES string of the molecule is COc1ccc(F)c(NC(=O)CC2CCNC2)c1. The Labute approximate surface area is 106 Å². The average molecular weight is 252 g/mol. The molecular weight excluding hydrogens is 235 g/mol. The van der Waals surface area contributed by atoms with Crippen LogP contribution in [-0.2, 0) is 4.79 Å². The number of rotatable bonds is 4. The van der Waals surface area contributed by atoms with Gasteiger partial charge in [-0.25, -0.2) is 4.39 Å². The molecular formula is C13H17FN2O2. The van der Waals surface area contributed by atoms with Gasteiger partial charge in [0.05, 0.1) is 12.8 Å². The Kier molecular flexibility index (Phi) is 4.15. The van der Waals surface area contributed by atoms with E-state index in [4.69, 9.17) is 4.74 Å². The molecule has 1 aromatic carbocycles. The van der Waals surface area contributed by atoms with Crippen molar-refractivity contribution in [1.82, 2.24) is 5.32 Å². The number of anilines is 1. The van der Waals surface area contributed by atoms with Crippen LogP contribution in [0.2, 0.25) is 0 Å². The summed E-state index contributed by atoms with van der Waals surface area (Å²) in [6, 6.07) is 4.29. The first-order valence-corrected chi connectivity index (χ1v) is 6.03. The van der Waals surface area contributed by atoms with E-state index in [1.807, 2.05) is 0 Å². The molecule has 0 saturated carbocycles. The van der Waals surface area contributed by atoms with Crippen LogP contribution in [0.4, 0.5) is 10.1 Å². The van der Waals surface area contributed by atoms with E-state index in [0.29, 0.717) is 18.1 Å². The molecule has 5 heteroatoms. The summed E-state index contributed by atoms with van der Waals surface area (Å²) >= 11 is 0. The summed E-state index contributed by atoms with van der Waals surface area (Å²) in [6.45, 7) is 1.81. The van der Waals surface area contributed by atoms with Crippen molar-refractivity contribution in [3.8, 4) is 5.75 Å². The predicted octanol–water partition coefficient (Wildman–Crippen LogP) is 1.77. The molecule has 0 aliphatic carbocycles. The monoisotopic (exact) mass is 252 g/mol. The van der Waals surface area contributed by atoms with Crippen LogP contribution >= 0.6 is 0 Å². The maximum Gasteiger partial charge on any atom is 0.224 e. The van der Waals surface area contributed by atoms with Crippen LogP contribution in [0, 0.1) is 11.7 Å². The van der Waals surface area contributed by atoms with Gasteiger partial charge in [0.1, 0.15) is 11.6 Å². The van der Waals surface area contributed by atoms with Gasteiger partial charge in [-0.05, 0) is 37.6 Å². The standard InChI is InChI=1S/C13H17FN2O2/c1-18-10-2-3-11(14)12(7-10)16-13(17)6-9-4-5-15-8-9/h2-3,7,9,15H,4-6,8H2,1H3,(H,16,17). The third kappa shape index (κ3) is 3.20. The van der Waals surface area contributed by atoms with Crippen LogP contribution in [0.25, 0.3) is 0 Å². The summed E-state index contributed by atoms with van der Waals surface area (Å²) in [6.07, 6.45) is 1.41. The van der Waals surface area contributed by atoms with E-state index in [0.717, 1.165) is 19.5 Å². The predicted molar refractivity (Wildman–Crippen MR) is 67.2 cm³/mol. The molecule has 1 heterocycles. The lowest BCUT2D eigenvalue weighted by atomic mass is 10.0. The average Bonchev–Trinajstić information content (AvgIpc) is 2.84.